The summed E-state index contributed by atoms with van der Waals surface area (Å²) in [6.07, 6.45) is -0.411. The van der Waals surface area contributed by atoms with E-state index in [-0.39, 0.29) is 11.8 Å². The molecule has 0 aromatic heterocycles. The first-order valence-electron chi connectivity index (χ1n) is 7.73. The van der Waals surface area contributed by atoms with Gasteiger partial charge in [0.05, 0.1) is 11.7 Å². The van der Waals surface area contributed by atoms with E-state index in [0.29, 0.717) is 36.7 Å². The van der Waals surface area contributed by atoms with E-state index < -0.39 is 6.10 Å². The minimum absolute atomic E-state index is 0.0427. The SMILES string of the molecule is O=C(NCC1CNCC1O)c1ccccc1Oc1ccccc1. The van der Waals surface area contributed by atoms with Gasteiger partial charge < -0.3 is 20.5 Å². The van der Waals surface area contributed by atoms with Crippen molar-refractivity contribution in [1.29, 1.82) is 0 Å². The first-order chi connectivity index (χ1) is 11.2. The van der Waals surface area contributed by atoms with Crippen molar-refractivity contribution in [2.75, 3.05) is 19.6 Å². The van der Waals surface area contributed by atoms with Crippen LogP contribution in [-0.4, -0.2) is 36.8 Å². The van der Waals surface area contributed by atoms with Crippen molar-refractivity contribution >= 4 is 5.91 Å². The predicted octanol–water partition coefficient (Wildman–Crippen LogP) is 1.79. The van der Waals surface area contributed by atoms with Crippen LogP contribution in [0.2, 0.25) is 0 Å². The van der Waals surface area contributed by atoms with Gasteiger partial charge in [-0.3, -0.25) is 4.79 Å². The molecule has 120 valence electrons. The largest absolute Gasteiger partial charge is 0.457 e. The van der Waals surface area contributed by atoms with Crippen molar-refractivity contribution in [3.63, 3.8) is 0 Å². The molecule has 0 saturated carbocycles. The highest BCUT2D eigenvalue weighted by molar-refractivity contribution is 5.97. The number of ether oxygens (including phenoxy) is 1. The summed E-state index contributed by atoms with van der Waals surface area (Å²) < 4.78 is 5.80. The van der Waals surface area contributed by atoms with Crippen molar-refractivity contribution in [1.82, 2.24) is 10.6 Å². The molecule has 0 spiro atoms. The lowest BCUT2D eigenvalue weighted by Gasteiger charge is -2.15. The molecule has 3 N–H and O–H groups in total. The average Bonchev–Trinajstić information content (AvgIpc) is 2.99. The van der Waals surface area contributed by atoms with Crippen LogP contribution in [0.4, 0.5) is 0 Å². The van der Waals surface area contributed by atoms with Crippen molar-refractivity contribution in [2.24, 2.45) is 5.92 Å². The Balaban J connectivity index is 1.68. The molecule has 1 saturated heterocycles. The second-order valence-corrected chi connectivity index (χ2v) is 5.61. The van der Waals surface area contributed by atoms with E-state index in [1.165, 1.54) is 0 Å². The Morgan fingerprint density at radius 3 is 2.61 bits per heavy atom. The number of amides is 1. The fraction of sp³-hybridized carbons (Fsp3) is 0.278. The van der Waals surface area contributed by atoms with Gasteiger partial charge in [-0.1, -0.05) is 30.3 Å². The highest BCUT2D eigenvalue weighted by Crippen LogP contribution is 2.25. The normalized spacial score (nSPS) is 20.2. The standard InChI is InChI=1S/C18H20N2O3/c21-16-12-19-10-13(16)11-20-18(22)15-8-4-5-9-17(15)23-14-6-2-1-3-7-14/h1-9,13,16,19,21H,10-12H2,(H,20,22). The maximum absolute atomic E-state index is 12.4. The van der Waals surface area contributed by atoms with E-state index in [1.807, 2.05) is 36.4 Å². The number of carbonyl (C=O) groups excluding carboxylic acids is 1. The Labute approximate surface area is 135 Å². The topological polar surface area (TPSA) is 70.6 Å². The molecular weight excluding hydrogens is 292 g/mol. The molecule has 1 aliphatic rings. The third-order valence-corrected chi connectivity index (χ3v) is 3.93. The molecule has 2 aromatic rings. The summed E-state index contributed by atoms with van der Waals surface area (Å²) in [7, 11) is 0. The van der Waals surface area contributed by atoms with Gasteiger partial charge in [-0.05, 0) is 24.3 Å². The summed E-state index contributed by atoms with van der Waals surface area (Å²) >= 11 is 0. The smallest absolute Gasteiger partial charge is 0.255 e. The lowest BCUT2D eigenvalue weighted by Crippen LogP contribution is -2.34. The van der Waals surface area contributed by atoms with Crippen LogP contribution < -0.4 is 15.4 Å². The van der Waals surface area contributed by atoms with Gasteiger partial charge in [-0.25, -0.2) is 0 Å². The van der Waals surface area contributed by atoms with Crippen LogP contribution in [0.25, 0.3) is 0 Å². The van der Waals surface area contributed by atoms with E-state index in [1.54, 1.807) is 18.2 Å². The quantitative estimate of drug-likeness (QED) is 0.787. The van der Waals surface area contributed by atoms with E-state index in [9.17, 15) is 9.90 Å². The molecule has 2 atom stereocenters. The van der Waals surface area contributed by atoms with Crippen LogP contribution in [0, 0.1) is 5.92 Å². The maximum Gasteiger partial charge on any atom is 0.255 e. The second kappa shape index (κ2) is 7.26. The summed E-state index contributed by atoms with van der Waals surface area (Å²) in [6, 6.07) is 16.5. The van der Waals surface area contributed by atoms with E-state index in [0.717, 1.165) is 0 Å². The Morgan fingerprint density at radius 2 is 1.87 bits per heavy atom. The van der Waals surface area contributed by atoms with Gasteiger partial charge in [-0.15, -0.1) is 0 Å². The van der Waals surface area contributed by atoms with Gasteiger partial charge >= 0.3 is 0 Å². The Kier molecular flexibility index (Phi) is 4.90. The van der Waals surface area contributed by atoms with E-state index in [4.69, 9.17) is 4.74 Å². The van der Waals surface area contributed by atoms with Crippen molar-refractivity contribution in [2.45, 2.75) is 6.10 Å². The zero-order valence-electron chi connectivity index (χ0n) is 12.7. The maximum atomic E-state index is 12.4. The minimum Gasteiger partial charge on any atom is -0.457 e. The molecule has 1 amide bonds. The molecule has 3 rings (SSSR count). The number of aliphatic hydroxyl groups is 1. The van der Waals surface area contributed by atoms with Crippen LogP contribution in [0.15, 0.2) is 54.6 Å². The molecule has 5 nitrogen and oxygen atoms in total. The Bertz CT molecular complexity index is 660. The molecule has 0 radical (unpaired) electrons. The number of rotatable bonds is 5. The summed E-state index contributed by atoms with van der Waals surface area (Å²) in [4.78, 5) is 12.4. The summed E-state index contributed by atoms with van der Waals surface area (Å²) in [5.41, 5.74) is 0.483. The van der Waals surface area contributed by atoms with Crippen molar-refractivity contribution in [3.8, 4) is 11.5 Å². The highest BCUT2D eigenvalue weighted by Gasteiger charge is 2.25. The summed E-state index contributed by atoms with van der Waals surface area (Å²) in [5.74, 6) is 1.04. The second-order valence-electron chi connectivity index (χ2n) is 5.61. The molecule has 0 bridgehead atoms. The van der Waals surface area contributed by atoms with Gasteiger partial charge in [0.25, 0.3) is 5.91 Å². The van der Waals surface area contributed by atoms with Gasteiger partial charge in [-0.2, -0.15) is 0 Å². The Morgan fingerprint density at radius 1 is 1.13 bits per heavy atom. The number of aliphatic hydroxyl groups excluding tert-OH is 1. The third-order valence-electron chi connectivity index (χ3n) is 3.93. The van der Waals surface area contributed by atoms with Crippen LogP contribution in [-0.2, 0) is 0 Å². The highest BCUT2D eigenvalue weighted by atomic mass is 16.5. The molecule has 2 unspecified atom stereocenters. The predicted molar refractivity (Wildman–Crippen MR) is 87.7 cm³/mol. The zero-order chi connectivity index (χ0) is 16.1. The number of para-hydroxylation sites is 2. The van der Waals surface area contributed by atoms with Crippen molar-refractivity contribution < 1.29 is 14.6 Å². The number of carbonyl (C=O) groups is 1. The first-order valence-corrected chi connectivity index (χ1v) is 7.73. The third kappa shape index (κ3) is 3.88. The fourth-order valence-electron chi connectivity index (χ4n) is 2.61. The van der Waals surface area contributed by atoms with E-state index >= 15 is 0 Å². The monoisotopic (exact) mass is 312 g/mol. The van der Waals surface area contributed by atoms with Gasteiger partial charge in [0.15, 0.2) is 0 Å². The molecule has 1 aliphatic heterocycles. The van der Waals surface area contributed by atoms with Gasteiger partial charge in [0.2, 0.25) is 0 Å². The molecule has 1 heterocycles. The number of hydrogen-bond acceptors (Lipinski definition) is 4. The number of nitrogens with one attached hydrogen (secondary N) is 2. The molecular formula is C18H20N2O3. The van der Waals surface area contributed by atoms with Gasteiger partial charge in [0.1, 0.15) is 11.5 Å². The van der Waals surface area contributed by atoms with Crippen LogP contribution >= 0.6 is 0 Å². The zero-order valence-corrected chi connectivity index (χ0v) is 12.7. The Hall–Kier alpha value is -2.37. The molecule has 5 heteroatoms. The number of β-amino-alcohol motifs (C(OH)–C–C–N with tert-alkyl or cyclic N) is 1. The average molecular weight is 312 g/mol. The van der Waals surface area contributed by atoms with E-state index in [2.05, 4.69) is 10.6 Å². The summed E-state index contributed by atoms with van der Waals surface area (Å²) in [6.45, 7) is 1.73. The van der Waals surface area contributed by atoms with Crippen LogP contribution in [0.1, 0.15) is 10.4 Å². The molecule has 0 aliphatic carbocycles. The number of hydrogen-bond donors (Lipinski definition) is 3. The first kappa shape index (κ1) is 15.5. The molecule has 2 aromatic carbocycles. The minimum atomic E-state index is -0.411. The van der Waals surface area contributed by atoms with Crippen LogP contribution in [0.5, 0.6) is 11.5 Å². The number of benzene rings is 2. The lowest BCUT2D eigenvalue weighted by molar-refractivity contribution is 0.0925. The lowest BCUT2D eigenvalue weighted by atomic mass is 10.1. The molecule has 1 fully saturated rings. The fourth-order valence-corrected chi connectivity index (χ4v) is 2.61. The van der Waals surface area contributed by atoms with Gasteiger partial charge in [0, 0.05) is 25.6 Å². The van der Waals surface area contributed by atoms with Crippen LogP contribution in [0.3, 0.4) is 0 Å². The summed E-state index contributed by atoms with van der Waals surface area (Å²) in [5, 5.41) is 15.8. The van der Waals surface area contributed by atoms with Crippen molar-refractivity contribution in [3.05, 3.63) is 60.2 Å². The molecule has 23 heavy (non-hydrogen) atoms.